The molecule has 0 aromatic heterocycles. The maximum atomic E-state index is 11.8. The van der Waals surface area contributed by atoms with E-state index in [1.165, 1.54) is 38.5 Å². The number of phosphoric ester groups is 1. The van der Waals surface area contributed by atoms with Gasteiger partial charge in [-0.05, 0) is 51.4 Å². The summed E-state index contributed by atoms with van der Waals surface area (Å²) in [6.45, 7) is 4.17. The van der Waals surface area contributed by atoms with Gasteiger partial charge in [-0.1, -0.05) is 113 Å². The number of nitrogens with two attached hydrogens (primary N) is 1. The Labute approximate surface area is 262 Å². The molecule has 0 saturated heterocycles. The molecule has 0 aliphatic heterocycles. The number of ether oxygens (including phenoxy) is 2. The Morgan fingerprint density at radius 3 is 1.74 bits per heavy atom. The fourth-order valence-electron chi connectivity index (χ4n) is 3.88. The Balaban J connectivity index is 3.68. The fourth-order valence-corrected chi connectivity index (χ4v) is 4.64. The molecular weight excluding hydrogens is 565 g/mol. The predicted molar refractivity (Wildman–Crippen MR) is 178 cm³/mol. The zero-order valence-corrected chi connectivity index (χ0v) is 27.8. The standard InChI is InChI=1S/C34H60NO7P/c1-3-5-6-7-8-9-10-11-12-13-14-15-16-17-18-19-20-21-22-23-24-25-26-27-29-39-31-33(42-34(36)4-2)32-41-43(37,38)40-30-28-35/h5-6,8-9,11-12,14-15,17-18,33H,3-4,7,10,13,16,19-32,35H2,1-2H3,(H,37,38)/b6-5-,9-8-,12-11-,15-14-,18-17-. The Morgan fingerprint density at radius 2 is 1.21 bits per heavy atom. The van der Waals surface area contributed by atoms with E-state index in [-0.39, 0.29) is 32.8 Å². The number of esters is 1. The van der Waals surface area contributed by atoms with Crippen molar-refractivity contribution in [1.29, 1.82) is 0 Å². The third-order valence-corrected chi connectivity index (χ3v) is 7.24. The van der Waals surface area contributed by atoms with Gasteiger partial charge in [0.25, 0.3) is 0 Å². The maximum Gasteiger partial charge on any atom is 0.472 e. The lowest BCUT2D eigenvalue weighted by atomic mass is 10.1. The molecule has 0 aliphatic carbocycles. The largest absolute Gasteiger partial charge is 0.472 e. The van der Waals surface area contributed by atoms with E-state index in [1.54, 1.807) is 6.92 Å². The van der Waals surface area contributed by atoms with Crippen LogP contribution in [0, 0.1) is 0 Å². The molecule has 0 saturated carbocycles. The number of hydrogen-bond acceptors (Lipinski definition) is 7. The van der Waals surface area contributed by atoms with E-state index in [9.17, 15) is 14.3 Å². The van der Waals surface area contributed by atoms with Crippen LogP contribution >= 0.6 is 7.82 Å². The van der Waals surface area contributed by atoms with Gasteiger partial charge in [-0.15, -0.1) is 0 Å². The van der Waals surface area contributed by atoms with Crippen molar-refractivity contribution in [3.05, 3.63) is 60.8 Å². The van der Waals surface area contributed by atoms with Crippen LogP contribution in [0.3, 0.4) is 0 Å². The van der Waals surface area contributed by atoms with E-state index in [4.69, 9.17) is 24.3 Å². The summed E-state index contributed by atoms with van der Waals surface area (Å²) in [7, 11) is -4.24. The summed E-state index contributed by atoms with van der Waals surface area (Å²) in [4.78, 5) is 21.3. The first-order valence-corrected chi connectivity index (χ1v) is 17.8. The van der Waals surface area contributed by atoms with Crippen LogP contribution in [0.4, 0.5) is 0 Å². The first kappa shape index (κ1) is 41.2. The number of carbonyl (C=O) groups is 1. The van der Waals surface area contributed by atoms with Crippen molar-refractivity contribution in [2.24, 2.45) is 5.73 Å². The number of phosphoric acid groups is 1. The van der Waals surface area contributed by atoms with Gasteiger partial charge in [-0.25, -0.2) is 4.57 Å². The lowest BCUT2D eigenvalue weighted by Gasteiger charge is -2.19. The first-order chi connectivity index (χ1) is 20.9. The molecule has 3 N–H and O–H groups in total. The second-order valence-corrected chi connectivity index (χ2v) is 11.7. The Hall–Kier alpha value is -1.80. The van der Waals surface area contributed by atoms with Gasteiger partial charge in [0.2, 0.25) is 0 Å². The average Bonchev–Trinajstić information content (AvgIpc) is 3.00. The molecule has 0 fully saturated rings. The normalized spacial score (nSPS) is 14.6. The Bertz CT molecular complexity index is 839. The molecule has 0 radical (unpaired) electrons. The van der Waals surface area contributed by atoms with Crippen molar-refractivity contribution in [3.63, 3.8) is 0 Å². The van der Waals surface area contributed by atoms with E-state index in [2.05, 4.69) is 67.7 Å². The summed E-state index contributed by atoms with van der Waals surface area (Å²) in [6, 6.07) is 0. The van der Waals surface area contributed by atoms with Gasteiger partial charge >= 0.3 is 13.8 Å². The van der Waals surface area contributed by atoms with Crippen LogP contribution in [0.15, 0.2) is 60.8 Å². The molecule has 0 spiro atoms. The monoisotopic (exact) mass is 625 g/mol. The lowest BCUT2D eigenvalue weighted by molar-refractivity contribution is -0.154. The molecule has 0 aromatic rings. The van der Waals surface area contributed by atoms with E-state index in [0.717, 1.165) is 51.4 Å². The van der Waals surface area contributed by atoms with E-state index < -0.39 is 19.9 Å². The van der Waals surface area contributed by atoms with Crippen molar-refractivity contribution in [3.8, 4) is 0 Å². The molecule has 248 valence electrons. The van der Waals surface area contributed by atoms with Crippen molar-refractivity contribution < 1.29 is 32.8 Å². The highest BCUT2D eigenvalue weighted by molar-refractivity contribution is 7.47. The molecule has 2 unspecified atom stereocenters. The summed E-state index contributed by atoms with van der Waals surface area (Å²) in [5.41, 5.74) is 5.27. The van der Waals surface area contributed by atoms with Crippen LogP contribution in [0.5, 0.6) is 0 Å². The van der Waals surface area contributed by atoms with Crippen LogP contribution in [0.2, 0.25) is 0 Å². The molecule has 8 nitrogen and oxygen atoms in total. The van der Waals surface area contributed by atoms with Gasteiger partial charge in [-0.2, -0.15) is 0 Å². The zero-order chi connectivity index (χ0) is 31.7. The number of allylic oxidation sites excluding steroid dienone is 10. The lowest BCUT2D eigenvalue weighted by Crippen LogP contribution is -2.28. The zero-order valence-electron chi connectivity index (χ0n) is 26.9. The molecule has 0 rings (SSSR count). The SMILES string of the molecule is CC/C=C\C/C=C\C/C=C\C/C=C\C/C=C\CCCCCCCCCCOCC(COP(=O)(O)OCCN)OC(=O)CC. The minimum atomic E-state index is -4.24. The minimum Gasteiger partial charge on any atom is -0.457 e. The van der Waals surface area contributed by atoms with Crippen LogP contribution in [-0.4, -0.2) is 49.9 Å². The smallest absolute Gasteiger partial charge is 0.457 e. The summed E-state index contributed by atoms with van der Waals surface area (Å²) in [5.74, 6) is -0.425. The van der Waals surface area contributed by atoms with E-state index >= 15 is 0 Å². The maximum absolute atomic E-state index is 11.8. The molecule has 0 bridgehead atoms. The third-order valence-electron chi connectivity index (χ3n) is 6.25. The summed E-state index contributed by atoms with van der Waals surface area (Å²) in [6.07, 6.45) is 37.5. The molecule has 0 amide bonds. The van der Waals surface area contributed by atoms with Crippen molar-refractivity contribution >= 4 is 13.8 Å². The quantitative estimate of drug-likeness (QED) is 0.0352. The van der Waals surface area contributed by atoms with Crippen LogP contribution in [-0.2, 0) is 27.9 Å². The number of unbranched alkanes of at least 4 members (excludes halogenated alkanes) is 8. The Morgan fingerprint density at radius 1 is 0.698 bits per heavy atom. The average molecular weight is 626 g/mol. The van der Waals surface area contributed by atoms with Gasteiger partial charge in [0.15, 0.2) is 0 Å². The minimum absolute atomic E-state index is 0.0943. The highest BCUT2D eigenvalue weighted by Crippen LogP contribution is 2.43. The first-order valence-electron chi connectivity index (χ1n) is 16.3. The van der Waals surface area contributed by atoms with Gasteiger partial charge in [0.1, 0.15) is 6.10 Å². The fraction of sp³-hybridized carbons (Fsp3) is 0.676. The van der Waals surface area contributed by atoms with Crippen molar-refractivity contribution in [2.45, 2.75) is 116 Å². The predicted octanol–water partition coefficient (Wildman–Crippen LogP) is 8.68. The van der Waals surface area contributed by atoms with Crippen LogP contribution in [0.25, 0.3) is 0 Å². The summed E-state index contributed by atoms with van der Waals surface area (Å²) < 4.78 is 32.3. The molecule has 0 aliphatic rings. The molecule has 9 heteroatoms. The van der Waals surface area contributed by atoms with E-state index in [0.29, 0.717) is 6.61 Å². The highest BCUT2D eigenvalue weighted by atomic mass is 31.2. The van der Waals surface area contributed by atoms with Gasteiger partial charge in [0.05, 0.1) is 19.8 Å². The van der Waals surface area contributed by atoms with Crippen LogP contribution in [0.1, 0.15) is 110 Å². The summed E-state index contributed by atoms with van der Waals surface area (Å²) >= 11 is 0. The second-order valence-electron chi connectivity index (χ2n) is 10.3. The highest BCUT2D eigenvalue weighted by Gasteiger charge is 2.24. The van der Waals surface area contributed by atoms with Crippen molar-refractivity contribution in [2.75, 3.05) is 33.0 Å². The van der Waals surface area contributed by atoms with Gasteiger partial charge < -0.3 is 20.1 Å². The van der Waals surface area contributed by atoms with Crippen LogP contribution < -0.4 is 5.73 Å². The third kappa shape index (κ3) is 31.4. The topological polar surface area (TPSA) is 117 Å². The van der Waals surface area contributed by atoms with E-state index in [1.807, 2.05) is 0 Å². The van der Waals surface area contributed by atoms with Crippen molar-refractivity contribution in [1.82, 2.24) is 0 Å². The Kier molecular flexibility index (Phi) is 30.3. The number of carbonyl (C=O) groups excluding carboxylic acids is 1. The number of rotatable bonds is 30. The molecule has 43 heavy (non-hydrogen) atoms. The molecule has 0 aromatic carbocycles. The molecule has 2 atom stereocenters. The molecule has 0 heterocycles. The number of hydrogen-bond donors (Lipinski definition) is 2. The van der Waals surface area contributed by atoms with Gasteiger partial charge in [0, 0.05) is 19.6 Å². The molecular formula is C34H60NO7P. The second kappa shape index (κ2) is 31.6. The summed E-state index contributed by atoms with van der Waals surface area (Å²) in [5, 5.41) is 0. The van der Waals surface area contributed by atoms with Gasteiger partial charge in [-0.3, -0.25) is 13.8 Å².